The number of hydrogen-bond donors (Lipinski definition) is 1. The van der Waals surface area contributed by atoms with Gasteiger partial charge in [0.15, 0.2) is 0 Å². The van der Waals surface area contributed by atoms with Crippen molar-refractivity contribution in [3.8, 4) is 5.75 Å². The summed E-state index contributed by atoms with van der Waals surface area (Å²) < 4.78 is 7.46. The van der Waals surface area contributed by atoms with E-state index in [-0.39, 0.29) is 18.2 Å². The molecule has 1 saturated heterocycles. The molecule has 2 aliphatic rings. The monoisotopic (exact) mass is 549 g/mol. The highest BCUT2D eigenvalue weighted by molar-refractivity contribution is 7.17. The van der Waals surface area contributed by atoms with E-state index in [0.717, 1.165) is 69.0 Å². The van der Waals surface area contributed by atoms with Crippen LogP contribution >= 0.6 is 11.3 Å². The standard InChI is InChI=1S/C31H39N3O4S/c1-23(7-12-31(36)37)22-34-28-21-25(10-8-24(28)9-11-30(34)35)38-19-3-2-14-32-15-17-33(18-16-32)27-5-4-6-29-26(27)13-20-39-29/h4-6,8,10,13,20-21,23H,2-3,7,9,11-12,14-19,22H2,1H3,(H,36,37). The summed E-state index contributed by atoms with van der Waals surface area (Å²) in [6.45, 7) is 8.58. The van der Waals surface area contributed by atoms with Crippen molar-refractivity contribution < 1.29 is 19.4 Å². The molecule has 0 bridgehead atoms. The Morgan fingerprint density at radius 3 is 2.72 bits per heavy atom. The number of amides is 1. The lowest BCUT2D eigenvalue weighted by molar-refractivity contribution is -0.137. The predicted octanol–water partition coefficient (Wildman–Crippen LogP) is 5.66. The molecule has 1 fully saturated rings. The fourth-order valence-electron chi connectivity index (χ4n) is 5.67. The molecule has 8 heteroatoms. The smallest absolute Gasteiger partial charge is 0.303 e. The van der Waals surface area contributed by atoms with Crippen molar-refractivity contribution in [2.75, 3.05) is 55.7 Å². The van der Waals surface area contributed by atoms with E-state index in [1.807, 2.05) is 35.3 Å². The summed E-state index contributed by atoms with van der Waals surface area (Å²) in [7, 11) is 0. The van der Waals surface area contributed by atoms with E-state index >= 15 is 0 Å². The molecule has 1 aromatic heterocycles. The SMILES string of the molecule is CC(CCC(=O)O)CN1C(=O)CCc2ccc(OCCCCN3CCN(c4cccc5sccc45)CC3)cc21. The molecule has 2 aromatic carbocycles. The van der Waals surface area contributed by atoms with Gasteiger partial charge in [-0.3, -0.25) is 14.5 Å². The Bertz CT molecular complexity index is 1280. The summed E-state index contributed by atoms with van der Waals surface area (Å²) in [5.41, 5.74) is 3.44. The number of carboxylic acids is 1. The summed E-state index contributed by atoms with van der Waals surface area (Å²) in [5, 5.41) is 12.5. The van der Waals surface area contributed by atoms with Crippen LogP contribution in [0.4, 0.5) is 11.4 Å². The van der Waals surface area contributed by atoms with E-state index in [0.29, 0.717) is 26.0 Å². The fourth-order valence-corrected chi connectivity index (χ4v) is 6.48. The van der Waals surface area contributed by atoms with Crippen molar-refractivity contribution in [2.45, 2.75) is 45.4 Å². The van der Waals surface area contributed by atoms with Crippen molar-refractivity contribution in [1.82, 2.24) is 4.90 Å². The van der Waals surface area contributed by atoms with Gasteiger partial charge in [0.25, 0.3) is 0 Å². The first-order valence-corrected chi connectivity index (χ1v) is 15.1. The molecule has 5 rings (SSSR count). The number of carbonyl (C=O) groups excluding carboxylic acids is 1. The molecule has 39 heavy (non-hydrogen) atoms. The predicted molar refractivity (Wildman–Crippen MR) is 158 cm³/mol. The van der Waals surface area contributed by atoms with Gasteiger partial charge in [-0.2, -0.15) is 0 Å². The molecule has 208 valence electrons. The van der Waals surface area contributed by atoms with Crippen LogP contribution in [0.2, 0.25) is 0 Å². The first kappa shape index (κ1) is 27.5. The minimum absolute atomic E-state index is 0.105. The lowest BCUT2D eigenvalue weighted by atomic mass is 9.98. The van der Waals surface area contributed by atoms with Gasteiger partial charge in [-0.25, -0.2) is 0 Å². The highest BCUT2D eigenvalue weighted by Gasteiger charge is 2.26. The summed E-state index contributed by atoms with van der Waals surface area (Å²) in [6, 6.07) is 14.9. The summed E-state index contributed by atoms with van der Waals surface area (Å²) in [5.74, 6) is 0.223. The lowest BCUT2D eigenvalue weighted by Crippen LogP contribution is -2.46. The third-order valence-corrected chi connectivity index (χ3v) is 8.81. The molecule has 3 aromatic rings. The largest absolute Gasteiger partial charge is 0.494 e. The molecule has 7 nitrogen and oxygen atoms in total. The first-order chi connectivity index (χ1) is 19.0. The number of hydrogen-bond acceptors (Lipinski definition) is 6. The van der Waals surface area contributed by atoms with E-state index in [1.54, 1.807) is 0 Å². The van der Waals surface area contributed by atoms with Crippen molar-refractivity contribution >= 4 is 44.7 Å². The zero-order valence-electron chi connectivity index (χ0n) is 22.8. The molecule has 0 spiro atoms. The Balaban J connectivity index is 1.06. The number of thiophene rings is 1. The third-order valence-electron chi connectivity index (χ3n) is 7.93. The van der Waals surface area contributed by atoms with Crippen LogP contribution < -0.4 is 14.5 Å². The average molecular weight is 550 g/mol. The topological polar surface area (TPSA) is 73.3 Å². The zero-order valence-corrected chi connectivity index (χ0v) is 23.6. The molecule has 0 aliphatic carbocycles. The van der Waals surface area contributed by atoms with Crippen molar-refractivity contribution in [3.05, 3.63) is 53.4 Å². The van der Waals surface area contributed by atoms with Gasteiger partial charge in [0, 0.05) is 67.4 Å². The van der Waals surface area contributed by atoms with Crippen LogP contribution in [0.15, 0.2) is 47.8 Å². The number of carboxylic acid groups (broad SMARTS) is 1. The van der Waals surface area contributed by atoms with Gasteiger partial charge >= 0.3 is 5.97 Å². The van der Waals surface area contributed by atoms with Gasteiger partial charge in [0.2, 0.25) is 5.91 Å². The first-order valence-electron chi connectivity index (χ1n) is 14.2. The Morgan fingerprint density at radius 1 is 1.05 bits per heavy atom. The van der Waals surface area contributed by atoms with Gasteiger partial charge < -0.3 is 19.6 Å². The van der Waals surface area contributed by atoms with Crippen LogP contribution in [0.25, 0.3) is 10.1 Å². The highest BCUT2D eigenvalue weighted by atomic mass is 32.1. The van der Waals surface area contributed by atoms with Crippen molar-refractivity contribution in [1.29, 1.82) is 0 Å². The normalized spacial score (nSPS) is 16.9. The van der Waals surface area contributed by atoms with Gasteiger partial charge in [0.1, 0.15) is 5.75 Å². The average Bonchev–Trinajstić information content (AvgIpc) is 3.43. The quantitative estimate of drug-likeness (QED) is 0.294. The second kappa shape index (κ2) is 12.8. The number of ether oxygens (including phenoxy) is 1. The van der Waals surface area contributed by atoms with E-state index in [1.165, 1.54) is 15.8 Å². The minimum atomic E-state index is -0.794. The number of aryl methyl sites for hydroxylation is 1. The molecule has 1 unspecified atom stereocenters. The van der Waals surface area contributed by atoms with E-state index in [9.17, 15) is 9.59 Å². The maximum atomic E-state index is 12.7. The summed E-state index contributed by atoms with van der Waals surface area (Å²) in [6.07, 6.45) is 4.00. The molecule has 1 amide bonds. The Labute approximate surface area is 235 Å². The molecule has 1 N–H and O–H groups in total. The zero-order chi connectivity index (χ0) is 27.2. The fraction of sp³-hybridized carbons (Fsp3) is 0.484. The van der Waals surface area contributed by atoms with Crippen LogP contribution in [0, 0.1) is 5.92 Å². The number of rotatable bonds is 12. The molecule has 0 saturated carbocycles. The number of fused-ring (bicyclic) bond motifs is 2. The number of piperazine rings is 1. The number of anilines is 2. The van der Waals surface area contributed by atoms with Crippen LogP contribution in [-0.4, -0.2) is 67.8 Å². The van der Waals surface area contributed by atoms with Crippen molar-refractivity contribution in [3.63, 3.8) is 0 Å². The maximum Gasteiger partial charge on any atom is 0.303 e. The van der Waals surface area contributed by atoms with Crippen LogP contribution in [0.1, 0.15) is 44.6 Å². The minimum Gasteiger partial charge on any atom is -0.494 e. The second-order valence-electron chi connectivity index (χ2n) is 10.8. The Morgan fingerprint density at radius 2 is 1.90 bits per heavy atom. The molecule has 1 atom stereocenters. The van der Waals surface area contributed by atoms with Crippen molar-refractivity contribution in [2.24, 2.45) is 5.92 Å². The molecular formula is C31H39N3O4S. The van der Waals surface area contributed by atoms with Gasteiger partial charge in [0.05, 0.1) is 12.3 Å². The molecule has 3 heterocycles. The van der Waals surface area contributed by atoms with Gasteiger partial charge in [-0.05, 0) is 73.4 Å². The van der Waals surface area contributed by atoms with Gasteiger partial charge in [-0.15, -0.1) is 11.3 Å². The highest BCUT2D eigenvalue weighted by Crippen LogP contribution is 2.33. The van der Waals surface area contributed by atoms with E-state index < -0.39 is 5.97 Å². The number of unbranched alkanes of at least 4 members (excludes halogenated alkanes) is 1. The molecular weight excluding hydrogens is 510 g/mol. The number of nitrogens with zero attached hydrogens (tertiary/aromatic N) is 3. The van der Waals surface area contributed by atoms with E-state index in [2.05, 4.69) is 45.5 Å². The van der Waals surface area contributed by atoms with E-state index in [4.69, 9.17) is 9.84 Å². The molecule has 2 aliphatic heterocycles. The second-order valence-corrected chi connectivity index (χ2v) is 11.8. The number of benzene rings is 2. The van der Waals surface area contributed by atoms with Crippen LogP contribution in [0.3, 0.4) is 0 Å². The lowest BCUT2D eigenvalue weighted by Gasteiger charge is -2.36. The Kier molecular flexibility index (Phi) is 9.04. The van der Waals surface area contributed by atoms with Crippen LogP contribution in [-0.2, 0) is 16.0 Å². The maximum absolute atomic E-state index is 12.7. The number of aliphatic carboxylic acids is 1. The number of carbonyl (C=O) groups is 2. The summed E-state index contributed by atoms with van der Waals surface area (Å²) in [4.78, 5) is 30.5. The van der Waals surface area contributed by atoms with Crippen LogP contribution in [0.5, 0.6) is 5.75 Å². The Hall–Kier alpha value is -3.10. The van der Waals surface area contributed by atoms with Gasteiger partial charge in [-0.1, -0.05) is 19.1 Å². The third kappa shape index (κ3) is 6.92. The molecule has 0 radical (unpaired) electrons. The summed E-state index contributed by atoms with van der Waals surface area (Å²) >= 11 is 1.81.